The molecule has 7 heteroatoms. The van der Waals surface area contributed by atoms with Crippen LogP contribution in [0, 0.1) is 17.0 Å². The van der Waals surface area contributed by atoms with E-state index >= 15 is 0 Å². The number of pyridine rings is 2. The molecular formula is C19H17N3O4. The van der Waals surface area contributed by atoms with Crippen molar-refractivity contribution in [3.63, 3.8) is 0 Å². The summed E-state index contributed by atoms with van der Waals surface area (Å²) in [6.45, 7) is 2.03. The van der Waals surface area contributed by atoms with Gasteiger partial charge in [-0.1, -0.05) is 30.3 Å². The summed E-state index contributed by atoms with van der Waals surface area (Å²) in [6, 6.07) is 12.7. The van der Waals surface area contributed by atoms with Crippen molar-refractivity contribution in [1.82, 2.24) is 9.97 Å². The third-order valence-electron chi connectivity index (χ3n) is 3.88. The fourth-order valence-corrected chi connectivity index (χ4v) is 2.58. The van der Waals surface area contributed by atoms with Crippen molar-refractivity contribution in [2.75, 3.05) is 7.11 Å². The number of nitro groups is 1. The van der Waals surface area contributed by atoms with Crippen LogP contribution in [0.2, 0.25) is 0 Å². The Balaban J connectivity index is 2.00. The predicted molar refractivity (Wildman–Crippen MR) is 96.2 cm³/mol. The second kappa shape index (κ2) is 7.60. The molecule has 132 valence electrons. The van der Waals surface area contributed by atoms with Gasteiger partial charge in [0.15, 0.2) is 0 Å². The largest absolute Gasteiger partial charge is 0.481 e. The maximum Gasteiger partial charge on any atom is 0.338 e. The highest BCUT2D eigenvalue weighted by molar-refractivity contribution is 5.77. The van der Waals surface area contributed by atoms with E-state index in [4.69, 9.17) is 9.47 Å². The zero-order valence-electron chi connectivity index (χ0n) is 14.4. The zero-order valence-corrected chi connectivity index (χ0v) is 14.4. The van der Waals surface area contributed by atoms with Crippen LogP contribution in [-0.4, -0.2) is 22.0 Å². The molecule has 0 radical (unpaired) electrons. The van der Waals surface area contributed by atoms with E-state index in [9.17, 15) is 10.1 Å². The van der Waals surface area contributed by atoms with Gasteiger partial charge < -0.3 is 9.47 Å². The van der Waals surface area contributed by atoms with Crippen LogP contribution in [0.1, 0.15) is 11.1 Å². The van der Waals surface area contributed by atoms with E-state index in [2.05, 4.69) is 9.97 Å². The minimum atomic E-state index is -0.480. The second-order valence-electron chi connectivity index (χ2n) is 5.59. The summed E-state index contributed by atoms with van der Waals surface area (Å²) in [5, 5.41) is 11.7. The predicted octanol–water partition coefficient (Wildman–Crippen LogP) is 3.95. The molecule has 0 atom stereocenters. The van der Waals surface area contributed by atoms with Gasteiger partial charge in [0.2, 0.25) is 5.88 Å². The van der Waals surface area contributed by atoms with Crippen molar-refractivity contribution >= 4 is 5.69 Å². The summed E-state index contributed by atoms with van der Waals surface area (Å²) in [5.41, 5.74) is 2.56. The van der Waals surface area contributed by atoms with Crippen molar-refractivity contribution in [1.29, 1.82) is 0 Å². The van der Waals surface area contributed by atoms with Gasteiger partial charge in [0, 0.05) is 24.0 Å². The topological polar surface area (TPSA) is 87.4 Å². The fraction of sp³-hybridized carbons (Fsp3) is 0.158. The first kappa shape index (κ1) is 17.3. The smallest absolute Gasteiger partial charge is 0.338 e. The average molecular weight is 351 g/mol. The molecule has 0 saturated carbocycles. The van der Waals surface area contributed by atoms with Gasteiger partial charge in [-0.15, -0.1) is 0 Å². The Morgan fingerprint density at radius 1 is 1.12 bits per heavy atom. The Labute approximate surface area is 150 Å². The molecule has 0 bridgehead atoms. The molecule has 2 heterocycles. The van der Waals surface area contributed by atoms with E-state index in [0.717, 1.165) is 11.1 Å². The van der Waals surface area contributed by atoms with Crippen molar-refractivity contribution in [2.45, 2.75) is 13.5 Å². The zero-order chi connectivity index (χ0) is 18.5. The number of hydrogen-bond acceptors (Lipinski definition) is 6. The van der Waals surface area contributed by atoms with Crippen LogP contribution in [0.3, 0.4) is 0 Å². The van der Waals surface area contributed by atoms with Crippen LogP contribution in [0.25, 0.3) is 11.1 Å². The molecule has 0 fully saturated rings. The first-order valence-electron chi connectivity index (χ1n) is 7.91. The second-order valence-corrected chi connectivity index (χ2v) is 5.59. The minimum Gasteiger partial charge on any atom is -0.481 e. The minimum absolute atomic E-state index is 0.0217. The first-order valence-corrected chi connectivity index (χ1v) is 7.91. The molecule has 0 aliphatic heterocycles. The van der Waals surface area contributed by atoms with E-state index in [1.54, 1.807) is 18.3 Å². The molecule has 0 amide bonds. The lowest BCUT2D eigenvalue weighted by molar-refractivity contribution is -0.385. The summed E-state index contributed by atoms with van der Waals surface area (Å²) in [5.74, 6) is 0.426. The Kier molecular flexibility index (Phi) is 5.07. The van der Waals surface area contributed by atoms with E-state index < -0.39 is 4.92 Å². The van der Waals surface area contributed by atoms with Crippen LogP contribution in [0.4, 0.5) is 5.69 Å². The molecule has 7 nitrogen and oxygen atoms in total. The van der Waals surface area contributed by atoms with Crippen LogP contribution in [-0.2, 0) is 6.61 Å². The Hall–Kier alpha value is -3.48. The quantitative estimate of drug-likeness (QED) is 0.494. The molecule has 1 aromatic carbocycles. The summed E-state index contributed by atoms with van der Waals surface area (Å²) in [4.78, 5) is 19.4. The maximum atomic E-state index is 11.7. The third-order valence-corrected chi connectivity index (χ3v) is 3.88. The number of aryl methyl sites for hydroxylation is 1. The third kappa shape index (κ3) is 3.61. The Bertz CT molecular complexity index is 929. The van der Waals surface area contributed by atoms with Crippen LogP contribution < -0.4 is 9.47 Å². The normalized spacial score (nSPS) is 10.4. The van der Waals surface area contributed by atoms with Gasteiger partial charge in [0.05, 0.1) is 17.6 Å². The number of hydrogen-bond donors (Lipinski definition) is 0. The van der Waals surface area contributed by atoms with Crippen molar-refractivity contribution in [3.05, 3.63) is 76.1 Å². The SMILES string of the molecule is COc1cc(C)c(-c2ccnc(OCc3ccccc3)c2[N+](=O)[O-])cn1. The van der Waals surface area contributed by atoms with Gasteiger partial charge in [-0.25, -0.2) is 9.97 Å². The lowest BCUT2D eigenvalue weighted by Gasteiger charge is -2.11. The summed E-state index contributed by atoms with van der Waals surface area (Å²) in [6.07, 6.45) is 3.05. The molecule has 0 aliphatic carbocycles. The Morgan fingerprint density at radius 3 is 2.54 bits per heavy atom. The fourth-order valence-electron chi connectivity index (χ4n) is 2.58. The van der Waals surface area contributed by atoms with Gasteiger partial charge in [0.1, 0.15) is 6.61 Å². The number of methoxy groups -OCH3 is 1. The van der Waals surface area contributed by atoms with Crippen LogP contribution in [0.15, 0.2) is 54.9 Å². The van der Waals surface area contributed by atoms with E-state index in [1.807, 2.05) is 37.3 Å². The van der Waals surface area contributed by atoms with E-state index in [0.29, 0.717) is 17.0 Å². The highest BCUT2D eigenvalue weighted by Crippen LogP contribution is 2.38. The van der Waals surface area contributed by atoms with Gasteiger partial charge in [-0.3, -0.25) is 10.1 Å². The van der Waals surface area contributed by atoms with Gasteiger partial charge in [0.25, 0.3) is 5.88 Å². The molecule has 3 aromatic rings. The molecule has 0 aliphatic rings. The average Bonchev–Trinajstić information content (AvgIpc) is 2.66. The monoisotopic (exact) mass is 351 g/mol. The van der Waals surface area contributed by atoms with Crippen LogP contribution >= 0.6 is 0 Å². The molecular weight excluding hydrogens is 334 g/mol. The number of nitrogens with zero attached hydrogens (tertiary/aromatic N) is 3. The summed E-state index contributed by atoms with van der Waals surface area (Å²) >= 11 is 0. The number of aromatic nitrogens is 2. The van der Waals surface area contributed by atoms with Crippen molar-refractivity contribution < 1.29 is 14.4 Å². The number of rotatable bonds is 6. The van der Waals surface area contributed by atoms with Gasteiger partial charge >= 0.3 is 5.69 Å². The Morgan fingerprint density at radius 2 is 1.88 bits per heavy atom. The van der Waals surface area contributed by atoms with E-state index in [1.165, 1.54) is 13.3 Å². The maximum absolute atomic E-state index is 11.7. The van der Waals surface area contributed by atoms with Crippen molar-refractivity contribution in [3.8, 4) is 22.9 Å². The standard InChI is InChI=1S/C19H17N3O4/c1-13-10-17(25-2)21-11-16(13)15-8-9-20-19(18(15)22(23)24)26-12-14-6-4-3-5-7-14/h3-11H,12H2,1-2H3. The number of benzene rings is 1. The number of ether oxygens (including phenoxy) is 2. The van der Waals surface area contributed by atoms with E-state index in [-0.39, 0.29) is 18.2 Å². The highest BCUT2D eigenvalue weighted by Gasteiger charge is 2.25. The molecule has 0 spiro atoms. The first-order chi connectivity index (χ1) is 12.6. The molecule has 0 saturated heterocycles. The molecule has 0 unspecified atom stereocenters. The lowest BCUT2D eigenvalue weighted by atomic mass is 10.0. The van der Waals surface area contributed by atoms with Crippen LogP contribution in [0.5, 0.6) is 11.8 Å². The van der Waals surface area contributed by atoms with Gasteiger partial charge in [-0.2, -0.15) is 0 Å². The highest BCUT2D eigenvalue weighted by atomic mass is 16.6. The summed E-state index contributed by atoms with van der Waals surface area (Å²) < 4.78 is 10.7. The molecule has 26 heavy (non-hydrogen) atoms. The molecule has 0 N–H and O–H groups in total. The summed E-state index contributed by atoms with van der Waals surface area (Å²) in [7, 11) is 1.52. The molecule has 3 rings (SSSR count). The lowest BCUT2D eigenvalue weighted by Crippen LogP contribution is -2.03. The van der Waals surface area contributed by atoms with Gasteiger partial charge in [-0.05, 0) is 24.1 Å². The van der Waals surface area contributed by atoms with Crippen molar-refractivity contribution in [2.24, 2.45) is 0 Å². The molecule has 2 aromatic heterocycles.